The number of piperidine rings is 1. The van der Waals surface area contributed by atoms with Crippen LogP contribution in [0.5, 0.6) is 11.5 Å². The van der Waals surface area contributed by atoms with Crippen LogP contribution in [0.4, 0.5) is 5.82 Å². The molecule has 0 bridgehead atoms. The van der Waals surface area contributed by atoms with E-state index in [1.54, 1.807) is 20.4 Å². The van der Waals surface area contributed by atoms with Crippen molar-refractivity contribution in [1.29, 1.82) is 0 Å². The first-order valence-electron chi connectivity index (χ1n) is 7.62. The van der Waals surface area contributed by atoms with E-state index in [9.17, 15) is 9.90 Å². The van der Waals surface area contributed by atoms with Gasteiger partial charge < -0.3 is 19.5 Å². The summed E-state index contributed by atoms with van der Waals surface area (Å²) in [6.07, 6.45) is 3.29. The zero-order valence-electron chi connectivity index (χ0n) is 13.3. The van der Waals surface area contributed by atoms with E-state index >= 15 is 0 Å². The van der Waals surface area contributed by atoms with Crippen LogP contribution < -0.4 is 14.4 Å². The van der Waals surface area contributed by atoms with E-state index in [2.05, 4.69) is 4.98 Å². The standard InChI is InChI=1S/C17H20N2O4/c1-22-12-8-14-13(15(9-12)23-2)5-6-18-16(14)19-7-3-4-11(10-19)17(20)21/h5-6,8-9,11H,3-4,7,10H2,1-2H3,(H,20,21). The Hall–Kier alpha value is -2.50. The van der Waals surface area contributed by atoms with Crippen molar-refractivity contribution in [3.63, 3.8) is 0 Å². The molecule has 1 atom stereocenters. The number of hydrogen-bond acceptors (Lipinski definition) is 5. The van der Waals surface area contributed by atoms with Gasteiger partial charge >= 0.3 is 5.97 Å². The largest absolute Gasteiger partial charge is 0.497 e. The van der Waals surface area contributed by atoms with Gasteiger partial charge in [-0.25, -0.2) is 4.98 Å². The van der Waals surface area contributed by atoms with E-state index in [0.29, 0.717) is 18.7 Å². The maximum absolute atomic E-state index is 11.3. The van der Waals surface area contributed by atoms with Crippen LogP contribution in [0, 0.1) is 5.92 Å². The van der Waals surface area contributed by atoms with Gasteiger partial charge in [0.2, 0.25) is 0 Å². The molecule has 1 aromatic carbocycles. The van der Waals surface area contributed by atoms with Crippen LogP contribution in [0.1, 0.15) is 12.8 Å². The number of aromatic nitrogens is 1. The lowest BCUT2D eigenvalue weighted by atomic mass is 9.98. The molecule has 2 aromatic rings. The number of nitrogens with zero attached hydrogens (tertiary/aromatic N) is 2. The molecule has 1 aromatic heterocycles. The number of benzene rings is 1. The van der Waals surface area contributed by atoms with Crippen molar-refractivity contribution < 1.29 is 19.4 Å². The molecule has 1 aliphatic heterocycles. The van der Waals surface area contributed by atoms with Crippen LogP contribution in [-0.2, 0) is 4.79 Å². The molecule has 0 amide bonds. The second-order valence-corrected chi connectivity index (χ2v) is 5.68. The van der Waals surface area contributed by atoms with Gasteiger partial charge in [0.25, 0.3) is 0 Å². The summed E-state index contributed by atoms with van der Waals surface area (Å²) in [5.41, 5.74) is 0. The number of carboxylic acid groups (broad SMARTS) is 1. The maximum atomic E-state index is 11.3. The molecule has 1 aliphatic rings. The third-order valence-corrected chi connectivity index (χ3v) is 4.32. The van der Waals surface area contributed by atoms with Crippen molar-refractivity contribution >= 4 is 22.6 Å². The SMILES string of the molecule is COc1cc(OC)c2ccnc(N3CCCC(C(=O)O)C3)c2c1. The predicted molar refractivity (Wildman–Crippen MR) is 87.4 cm³/mol. The third-order valence-electron chi connectivity index (χ3n) is 4.32. The average molecular weight is 316 g/mol. The van der Waals surface area contributed by atoms with E-state index in [-0.39, 0.29) is 5.92 Å². The van der Waals surface area contributed by atoms with Gasteiger partial charge in [-0.3, -0.25) is 4.79 Å². The number of hydrogen-bond donors (Lipinski definition) is 1. The number of fused-ring (bicyclic) bond motifs is 1. The maximum Gasteiger partial charge on any atom is 0.308 e. The Morgan fingerprint density at radius 1 is 1.30 bits per heavy atom. The Kier molecular flexibility index (Phi) is 4.23. The van der Waals surface area contributed by atoms with Gasteiger partial charge in [-0.05, 0) is 25.0 Å². The minimum atomic E-state index is -0.745. The van der Waals surface area contributed by atoms with Gasteiger partial charge in [-0.15, -0.1) is 0 Å². The summed E-state index contributed by atoms with van der Waals surface area (Å²) in [4.78, 5) is 17.9. The van der Waals surface area contributed by atoms with Crippen molar-refractivity contribution in [3.8, 4) is 11.5 Å². The number of carboxylic acids is 1. The number of anilines is 1. The van der Waals surface area contributed by atoms with Gasteiger partial charge in [0.15, 0.2) is 0 Å². The topological polar surface area (TPSA) is 71.9 Å². The highest BCUT2D eigenvalue weighted by Gasteiger charge is 2.27. The van der Waals surface area contributed by atoms with Gasteiger partial charge in [-0.1, -0.05) is 0 Å². The summed E-state index contributed by atoms with van der Waals surface area (Å²) in [5.74, 6) is 1.09. The highest BCUT2D eigenvalue weighted by molar-refractivity contribution is 5.97. The van der Waals surface area contributed by atoms with Crippen LogP contribution in [0.25, 0.3) is 10.8 Å². The Morgan fingerprint density at radius 2 is 2.13 bits per heavy atom. The molecule has 2 heterocycles. The summed E-state index contributed by atoms with van der Waals surface area (Å²) in [6.45, 7) is 1.27. The molecule has 23 heavy (non-hydrogen) atoms. The van der Waals surface area contributed by atoms with Crippen LogP contribution in [-0.4, -0.2) is 43.4 Å². The first-order chi connectivity index (χ1) is 11.1. The third kappa shape index (κ3) is 2.88. The fourth-order valence-electron chi connectivity index (χ4n) is 3.12. The summed E-state index contributed by atoms with van der Waals surface area (Å²) < 4.78 is 10.8. The predicted octanol–water partition coefficient (Wildman–Crippen LogP) is 2.55. The van der Waals surface area contributed by atoms with Crippen LogP contribution in [0.15, 0.2) is 24.4 Å². The lowest BCUT2D eigenvalue weighted by Gasteiger charge is -2.32. The lowest BCUT2D eigenvalue weighted by molar-refractivity contribution is -0.141. The van der Waals surface area contributed by atoms with E-state index < -0.39 is 5.97 Å². The minimum Gasteiger partial charge on any atom is -0.497 e. The van der Waals surface area contributed by atoms with Crippen molar-refractivity contribution in [1.82, 2.24) is 4.98 Å². The van der Waals surface area contributed by atoms with Gasteiger partial charge in [0.05, 0.1) is 20.1 Å². The molecule has 0 aliphatic carbocycles. The summed E-state index contributed by atoms with van der Waals surface area (Å²) in [5, 5.41) is 11.1. The lowest BCUT2D eigenvalue weighted by Crippen LogP contribution is -2.39. The summed E-state index contributed by atoms with van der Waals surface area (Å²) in [6, 6.07) is 5.66. The van der Waals surface area contributed by atoms with Gasteiger partial charge in [-0.2, -0.15) is 0 Å². The second-order valence-electron chi connectivity index (χ2n) is 5.68. The van der Waals surface area contributed by atoms with Crippen LogP contribution in [0.2, 0.25) is 0 Å². The fourth-order valence-corrected chi connectivity index (χ4v) is 3.12. The number of methoxy groups -OCH3 is 2. The molecule has 6 heteroatoms. The molecule has 0 radical (unpaired) electrons. The van der Waals surface area contributed by atoms with Gasteiger partial charge in [0.1, 0.15) is 17.3 Å². The molecule has 6 nitrogen and oxygen atoms in total. The average Bonchev–Trinajstić information content (AvgIpc) is 2.60. The number of ether oxygens (including phenoxy) is 2. The number of rotatable bonds is 4. The van der Waals surface area contributed by atoms with Gasteiger partial charge in [0, 0.05) is 36.1 Å². The highest BCUT2D eigenvalue weighted by Crippen LogP contribution is 2.36. The van der Waals surface area contributed by atoms with Crippen molar-refractivity contribution in [2.45, 2.75) is 12.8 Å². The Labute approximate surface area is 134 Å². The van der Waals surface area contributed by atoms with Crippen molar-refractivity contribution in [2.75, 3.05) is 32.2 Å². The minimum absolute atomic E-state index is 0.353. The van der Waals surface area contributed by atoms with Crippen molar-refractivity contribution in [3.05, 3.63) is 24.4 Å². The van der Waals surface area contributed by atoms with E-state index in [0.717, 1.165) is 35.3 Å². The van der Waals surface area contributed by atoms with E-state index in [1.807, 2.05) is 23.1 Å². The fraction of sp³-hybridized carbons (Fsp3) is 0.412. The van der Waals surface area contributed by atoms with Crippen LogP contribution in [0.3, 0.4) is 0 Å². The smallest absolute Gasteiger partial charge is 0.308 e. The Bertz CT molecular complexity index is 732. The molecule has 0 saturated carbocycles. The van der Waals surface area contributed by atoms with E-state index in [1.165, 1.54) is 0 Å². The summed E-state index contributed by atoms with van der Waals surface area (Å²) in [7, 11) is 3.23. The summed E-state index contributed by atoms with van der Waals surface area (Å²) >= 11 is 0. The molecular formula is C17H20N2O4. The molecular weight excluding hydrogens is 296 g/mol. The Morgan fingerprint density at radius 3 is 2.83 bits per heavy atom. The zero-order chi connectivity index (χ0) is 16.4. The molecule has 0 spiro atoms. The molecule has 1 N–H and O–H groups in total. The number of aliphatic carboxylic acids is 1. The van der Waals surface area contributed by atoms with Crippen LogP contribution >= 0.6 is 0 Å². The molecule has 1 fully saturated rings. The van der Waals surface area contributed by atoms with Crippen molar-refractivity contribution in [2.24, 2.45) is 5.92 Å². The van der Waals surface area contributed by atoms with E-state index in [4.69, 9.17) is 9.47 Å². The first kappa shape index (κ1) is 15.4. The first-order valence-corrected chi connectivity index (χ1v) is 7.62. The number of pyridine rings is 1. The molecule has 122 valence electrons. The second kappa shape index (κ2) is 6.32. The molecule has 3 rings (SSSR count). The Balaban J connectivity index is 2.08. The quantitative estimate of drug-likeness (QED) is 0.934. The normalized spacial score (nSPS) is 18.0. The molecule has 1 unspecified atom stereocenters. The monoisotopic (exact) mass is 316 g/mol. The zero-order valence-corrected chi connectivity index (χ0v) is 13.3. The highest BCUT2D eigenvalue weighted by atomic mass is 16.5. The molecule has 1 saturated heterocycles. The number of carbonyl (C=O) groups is 1.